The molecule has 0 fully saturated rings. The van der Waals surface area contributed by atoms with E-state index in [1.807, 2.05) is 0 Å². The first-order valence-corrected chi connectivity index (χ1v) is 13.5. The number of allylic oxidation sites excluding steroid dienone is 6. The minimum Gasteiger partial charge on any atom is -0.323 e. The summed E-state index contributed by atoms with van der Waals surface area (Å²) in [5.41, 5.74) is 4.14. The minimum atomic E-state index is -4.86. The summed E-state index contributed by atoms with van der Waals surface area (Å²) in [6, 6.07) is 0. The highest BCUT2D eigenvalue weighted by molar-refractivity contribution is 7.93. The standard InChI is InChI=1S/C21H39O6PS/c1-18(2)12-10-14-20(4)16-11-15-19(3)13-8-6-5-7-9-17-21(28(22,23)24)29(25,26)27/h12-13,16,21H,5-11,14-15,17H2,1-4H3,(H2,22,23,24)(H,25,26,27). The van der Waals surface area contributed by atoms with Crippen LogP contribution in [0.15, 0.2) is 34.9 Å². The van der Waals surface area contributed by atoms with Gasteiger partial charge in [0.2, 0.25) is 0 Å². The van der Waals surface area contributed by atoms with Crippen LogP contribution in [0.3, 0.4) is 0 Å². The van der Waals surface area contributed by atoms with Crippen LogP contribution in [0, 0.1) is 0 Å². The number of rotatable bonds is 15. The van der Waals surface area contributed by atoms with Crippen LogP contribution in [-0.2, 0) is 14.7 Å². The van der Waals surface area contributed by atoms with Crippen molar-refractivity contribution in [2.45, 2.75) is 96.9 Å². The zero-order chi connectivity index (χ0) is 22.5. The van der Waals surface area contributed by atoms with Crippen molar-refractivity contribution in [3.8, 4) is 0 Å². The predicted molar refractivity (Wildman–Crippen MR) is 120 cm³/mol. The molecule has 0 rings (SSSR count). The topological polar surface area (TPSA) is 112 Å². The van der Waals surface area contributed by atoms with E-state index in [1.165, 1.54) is 16.7 Å². The van der Waals surface area contributed by atoms with E-state index in [0.29, 0.717) is 12.8 Å². The summed E-state index contributed by atoms with van der Waals surface area (Å²) in [5, 5.41) is 0. The Morgan fingerprint density at radius 3 is 1.79 bits per heavy atom. The molecule has 1 atom stereocenters. The first kappa shape index (κ1) is 28.3. The Bertz CT molecular complexity index is 711. The van der Waals surface area contributed by atoms with Crippen molar-refractivity contribution in [3.63, 3.8) is 0 Å². The van der Waals surface area contributed by atoms with Crippen molar-refractivity contribution in [3.05, 3.63) is 34.9 Å². The van der Waals surface area contributed by atoms with Crippen molar-refractivity contribution in [1.82, 2.24) is 0 Å². The molecule has 0 aliphatic rings. The van der Waals surface area contributed by atoms with E-state index in [2.05, 4.69) is 45.9 Å². The van der Waals surface area contributed by atoms with Crippen molar-refractivity contribution in [2.75, 3.05) is 0 Å². The lowest BCUT2D eigenvalue weighted by Gasteiger charge is -2.14. The normalized spacial score (nSPS) is 14.7. The molecule has 3 N–H and O–H groups in total. The lowest BCUT2D eigenvalue weighted by Crippen LogP contribution is -2.20. The zero-order valence-corrected chi connectivity index (χ0v) is 20.0. The summed E-state index contributed by atoms with van der Waals surface area (Å²) in [7, 11) is -9.59. The van der Waals surface area contributed by atoms with Crippen molar-refractivity contribution in [1.29, 1.82) is 0 Å². The van der Waals surface area contributed by atoms with E-state index < -0.39 is 22.7 Å². The van der Waals surface area contributed by atoms with Gasteiger partial charge in [-0.15, -0.1) is 0 Å². The molecule has 0 radical (unpaired) electrons. The Morgan fingerprint density at radius 1 is 0.828 bits per heavy atom. The van der Waals surface area contributed by atoms with Crippen molar-refractivity contribution in [2.24, 2.45) is 0 Å². The average molecular weight is 451 g/mol. The Hall–Kier alpha value is -0.720. The molecular formula is C21H39O6PS. The second-order valence-electron chi connectivity index (χ2n) is 8.01. The molecule has 0 saturated carbocycles. The summed E-state index contributed by atoms with van der Waals surface area (Å²) >= 11 is 0. The third-order valence-corrected chi connectivity index (χ3v) is 8.29. The molecule has 0 amide bonds. The molecule has 0 aromatic rings. The fourth-order valence-electron chi connectivity index (χ4n) is 2.99. The maximum absolute atomic E-state index is 11.2. The molecule has 0 aliphatic carbocycles. The van der Waals surface area contributed by atoms with Gasteiger partial charge in [0, 0.05) is 0 Å². The smallest absolute Gasteiger partial charge is 0.323 e. The van der Waals surface area contributed by atoms with E-state index >= 15 is 0 Å². The fourth-order valence-corrected chi connectivity index (χ4v) is 5.37. The Balaban J connectivity index is 4.02. The summed E-state index contributed by atoms with van der Waals surface area (Å²) in [5.74, 6) is 0. The third kappa shape index (κ3) is 15.7. The molecule has 1 unspecified atom stereocenters. The molecule has 0 spiro atoms. The highest BCUT2D eigenvalue weighted by Crippen LogP contribution is 2.46. The largest absolute Gasteiger partial charge is 0.346 e. The minimum absolute atomic E-state index is 0.225. The van der Waals surface area contributed by atoms with Crippen LogP contribution in [0.25, 0.3) is 0 Å². The van der Waals surface area contributed by atoms with Gasteiger partial charge in [-0.25, -0.2) is 0 Å². The van der Waals surface area contributed by atoms with Gasteiger partial charge in [-0.2, -0.15) is 8.42 Å². The quantitative estimate of drug-likeness (QED) is 0.120. The van der Waals surface area contributed by atoms with Gasteiger partial charge in [-0.3, -0.25) is 9.12 Å². The monoisotopic (exact) mass is 450 g/mol. The van der Waals surface area contributed by atoms with Gasteiger partial charge < -0.3 is 9.79 Å². The molecule has 0 aliphatic heterocycles. The molecule has 0 bridgehead atoms. The second-order valence-corrected chi connectivity index (χ2v) is 11.8. The van der Waals surface area contributed by atoms with Crippen molar-refractivity contribution < 1.29 is 27.3 Å². The molecular weight excluding hydrogens is 411 g/mol. The number of unbranched alkanes of at least 4 members (excludes halogenated alkanes) is 4. The maximum atomic E-state index is 11.2. The molecule has 0 aromatic heterocycles. The zero-order valence-electron chi connectivity index (χ0n) is 18.3. The summed E-state index contributed by atoms with van der Waals surface area (Å²) in [6.45, 7) is 8.54. The van der Waals surface area contributed by atoms with Crippen LogP contribution >= 0.6 is 7.60 Å². The highest BCUT2D eigenvalue weighted by atomic mass is 32.2. The van der Waals surface area contributed by atoms with Crippen LogP contribution in [0.5, 0.6) is 0 Å². The van der Waals surface area contributed by atoms with Gasteiger partial charge in [0.25, 0.3) is 10.1 Å². The third-order valence-electron chi connectivity index (χ3n) is 4.74. The van der Waals surface area contributed by atoms with E-state index in [0.717, 1.165) is 44.9 Å². The van der Waals surface area contributed by atoms with Gasteiger partial charge in [-0.05, 0) is 72.6 Å². The average Bonchev–Trinajstić information content (AvgIpc) is 2.54. The summed E-state index contributed by atoms with van der Waals surface area (Å²) in [6.07, 6.45) is 14.6. The number of hydrogen-bond acceptors (Lipinski definition) is 3. The number of hydrogen-bond donors (Lipinski definition) is 3. The van der Waals surface area contributed by atoms with Gasteiger partial charge in [0.05, 0.1) is 0 Å². The summed E-state index contributed by atoms with van der Waals surface area (Å²) < 4.78 is 42.3. The lowest BCUT2D eigenvalue weighted by molar-refractivity contribution is 0.359. The summed E-state index contributed by atoms with van der Waals surface area (Å²) in [4.78, 5) is 16.1. The Labute approximate surface area is 177 Å². The molecule has 0 saturated heterocycles. The van der Waals surface area contributed by atoms with Gasteiger partial charge in [0.1, 0.15) is 0 Å². The molecule has 0 aromatic carbocycles. The first-order valence-electron chi connectivity index (χ1n) is 10.3. The predicted octanol–water partition coefficient (Wildman–Crippen LogP) is 6.14. The van der Waals surface area contributed by atoms with E-state index in [1.54, 1.807) is 0 Å². The molecule has 0 heterocycles. The SMILES string of the molecule is CC(C)=CCCC(C)=CCCC(C)=CCCCCCCC(P(=O)(O)O)S(=O)(=O)O. The van der Waals surface area contributed by atoms with Crippen LogP contribution in [0.4, 0.5) is 0 Å². The van der Waals surface area contributed by atoms with Gasteiger partial charge in [0.15, 0.2) is 4.99 Å². The van der Waals surface area contributed by atoms with E-state index in [4.69, 9.17) is 14.3 Å². The van der Waals surface area contributed by atoms with E-state index in [-0.39, 0.29) is 6.42 Å². The Kier molecular flexibility index (Phi) is 14.0. The fraction of sp³-hybridized carbons (Fsp3) is 0.714. The van der Waals surface area contributed by atoms with Gasteiger partial charge in [-0.1, -0.05) is 54.2 Å². The molecule has 8 heteroatoms. The molecule has 170 valence electrons. The van der Waals surface area contributed by atoms with Crippen LogP contribution in [0.2, 0.25) is 0 Å². The first-order chi connectivity index (χ1) is 13.3. The van der Waals surface area contributed by atoms with Crippen LogP contribution < -0.4 is 0 Å². The maximum Gasteiger partial charge on any atom is 0.346 e. The Morgan fingerprint density at radius 2 is 1.31 bits per heavy atom. The van der Waals surface area contributed by atoms with E-state index in [9.17, 15) is 13.0 Å². The lowest BCUT2D eigenvalue weighted by atomic mass is 10.0. The van der Waals surface area contributed by atoms with Crippen LogP contribution in [0.1, 0.15) is 91.9 Å². The van der Waals surface area contributed by atoms with Gasteiger partial charge >= 0.3 is 7.60 Å². The molecule has 29 heavy (non-hydrogen) atoms. The van der Waals surface area contributed by atoms with Crippen LogP contribution in [-0.4, -0.2) is 27.7 Å². The second kappa shape index (κ2) is 14.3. The highest BCUT2D eigenvalue weighted by Gasteiger charge is 2.38. The molecule has 6 nitrogen and oxygen atoms in total. The van der Waals surface area contributed by atoms with Crippen molar-refractivity contribution >= 4 is 17.7 Å².